The summed E-state index contributed by atoms with van der Waals surface area (Å²) in [6.45, 7) is 0. The zero-order valence-electron chi connectivity index (χ0n) is 10.7. The van der Waals surface area contributed by atoms with Gasteiger partial charge in [-0.25, -0.2) is 0 Å². The Morgan fingerprint density at radius 1 is 0.632 bits per heavy atom. The number of hydrogen-bond acceptors (Lipinski definition) is 0. The lowest BCUT2D eigenvalue weighted by Crippen LogP contribution is -1.91. The van der Waals surface area contributed by atoms with Crippen LogP contribution in [0.25, 0.3) is 0 Å². The molecular weight excluding hydrogens is 294 g/mol. The van der Waals surface area contributed by atoms with E-state index in [1.54, 1.807) is 0 Å². The molecule has 0 nitrogen and oxygen atoms in total. The van der Waals surface area contributed by atoms with Gasteiger partial charge in [0.1, 0.15) is 0 Å². The molecule has 0 aliphatic rings. The van der Waals surface area contributed by atoms with Crippen LogP contribution in [0.3, 0.4) is 0 Å². The van der Waals surface area contributed by atoms with Gasteiger partial charge >= 0.3 is 0 Å². The van der Waals surface area contributed by atoms with Gasteiger partial charge < -0.3 is 0 Å². The number of rotatable bonds is 6. The average molecular weight is 311 g/mol. The highest BCUT2D eigenvalue weighted by molar-refractivity contribution is 7.37. The van der Waals surface area contributed by atoms with Crippen LogP contribution in [0.4, 0.5) is 0 Å². The van der Waals surface area contributed by atoms with E-state index in [1.807, 2.05) is 24.3 Å². The van der Waals surface area contributed by atoms with Gasteiger partial charge in [-0.1, -0.05) is 47.5 Å². The van der Waals surface area contributed by atoms with Gasteiger partial charge in [-0.2, -0.15) is 0 Å². The smallest absolute Gasteiger partial charge is 0.0406 e. The van der Waals surface area contributed by atoms with E-state index in [2.05, 4.69) is 24.3 Å². The number of hydrogen-bond donors (Lipinski definition) is 0. The van der Waals surface area contributed by atoms with Crippen molar-refractivity contribution in [1.82, 2.24) is 0 Å². The van der Waals surface area contributed by atoms with E-state index in [9.17, 15) is 0 Å². The Balaban J connectivity index is 1.64. The first-order chi connectivity index (χ1) is 9.24. The number of benzene rings is 2. The normalized spacial score (nSPS) is 10.6. The van der Waals surface area contributed by atoms with Crippen LogP contribution in [-0.4, -0.2) is 12.3 Å². The molecule has 0 unspecified atom stereocenters. The Morgan fingerprint density at radius 3 is 1.37 bits per heavy atom. The molecule has 0 aliphatic carbocycles. The predicted octanol–water partition coefficient (Wildman–Crippen LogP) is 5.46. The van der Waals surface area contributed by atoms with Gasteiger partial charge in [0.25, 0.3) is 0 Å². The van der Waals surface area contributed by atoms with E-state index in [0.717, 1.165) is 31.5 Å². The molecule has 0 heterocycles. The minimum Gasteiger partial charge on any atom is -0.121 e. The van der Waals surface area contributed by atoms with Gasteiger partial charge in [0.2, 0.25) is 0 Å². The zero-order chi connectivity index (χ0) is 13.5. The SMILES string of the molecule is Clc1ccc(CCPCCc2ccc(Cl)cc2)cc1. The third-order valence-corrected chi connectivity index (χ3v) is 4.72. The molecule has 0 saturated carbocycles. The van der Waals surface area contributed by atoms with Crippen LogP contribution in [0, 0.1) is 0 Å². The first kappa shape index (κ1) is 14.9. The molecule has 3 heteroatoms. The van der Waals surface area contributed by atoms with Crippen molar-refractivity contribution >= 4 is 31.8 Å². The van der Waals surface area contributed by atoms with Gasteiger partial charge in [0, 0.05) is 10.0 Å². The number of halogens is 2. The van der Waals surface area contributed by atoms with Crippen LogP contribution >= 0.6 is 31.8 Å². The summed E-state index contributed by atoms with van der Waals surface area (Å²) in [5.74, 6) is 0. The largest absolute Gasteiger partial charge is 0.121 e. The summed E-state index contributed by atoms with van der Waals surface area (Å²) < 4.78 is 0. The maximum Gasteiger partial charge on any atom is 0.0406 e. The molecule has 2 aromatic carbocycles. The van der Waals surface area contributed by atoms with E-state index < -0.39 is 0 Å². The van der Waals surface area contributed by atoms with Gasteiger partial charge in [-0.3, -0.25) is 0 Å². The molecule has 2 aromatic rings. The summed E-state index contributed by atoms with van der Waals surface area (Å²) in [4.78, 5) is 0. The average Bonchev–Trinajstić information content (AvgIpc) is 2.43. The molecule has 100 valence electrons. The van der Waals surface area contributed by atoms with Gasteiger partial charge in [-0.05, 0) is 60.6 Å². The number of aryl methyl sites for hydroxylation is 2. The second kappa shape index (κ2) is 7.90. The lowest BCUT2D eigenvalue weighted by atomic mass is 10.2. The highest BCUT2D eigenvalue weighted by Crippen LogP contribution is 2.18. The van der Waals surface area contributed by atoms with Crippen molar-refractivity contribution < 1.29 is 0 Å². The highest BCUT2D eigenvalue weighted by atomic mass is 35.5. The fourth-order valence-corrected chi connectivity index (χ4v) is 3.33. The molecule has 0 amide bonds. The lowest BCUT2D eigenvalue weighted by molar-refractivity contribution is 1.12. The van der Waals surface area contributed by atoms with Crippen molar-refractivity contribution in [3.63, 3.8) is 0 Å². The summed E-state index contributed by atoms with van der Waals surface area (Å²) in [5.41, 5.74) is 2.76. The fraction of sp³-hybridized carbons (Fsp3) is 0.250. The molecule has 2 rings (SSSR count). The first-order valence-electron chi connectivity index (χ1n) is 6.43. The van der Waals surface area contributed by atoms with Crippen molar-refractivity contribution in [3.05, 3.63) is 69.7 Å². The molecule has 0 spiro atoms. The van der Waals surface area contributed by atoms with E-state index >= 15 is 0 Å². The molecule has 0 N–H and O–H groups in total. The third kappa shape index (κ3) is 5.53. The molecule has 19 heavy (non-hydrogen) atoms. The minimum absolute atomic E-state index is 0.814. The maximum atomic E-state index is 5.87. The van der Waals surface area contributed by atoms with Crippen LogP contribution in [0.15, 0.2) is 48.5 Å². The topological polar surface area (TPSA) is 0 Å². The van der Waals surface area contributed by atoms with E-state index in [1.165, 1.54) is 23.5 Å². The van der Waals surface area contributed by atoms with Crippen molar-refractivity contribution in [3.8, 4) is 0 Å². The minimum atomic E-state index is 0.814. The van der Waals surface area contributed by atoms with Crippen molar-refractivity contribution in [2.75, 3.05) is 12.3 Å². The Bertz CT molecular complexity index is 444. The van der Waals surface area contributed by atoms with Crippen LogP contribution in [-0.2, 0) is 12.8 Å². The predicted molar refractivity (Wildman–Crippen MR) is 88.4 cm³/mol. The summed E-state index contributed by atoms with van der Waals surface area (Å²) in [7, 11) is 1.01. The van der Waals surface area contributed by atoms with Crippen LogP contribution < -0.4 is 0 Å². The standard InChI is InChI=1S/C16H17Cl2P/c17-15-5-1-13(2-6-15)9-11-19-12-10-14-3-7-16(18)8-4-14/h1-8,19H,9-12H2. The Kier molecular flexibility index (Phi) is 6.17. The molecule has 0 aromatic heterocycles. The van der Waals surface area contributed by atoms with Crippen LogP contribution in [0.1, 0.15) is 11.1 Å². The summed E-state index contributed by atoms with van der Waals surface area (Å²) >= 11 is 11.7. The Morgan fingerprint density at radius 2 is 1.00 bits per heavy atom. The summed E-state index contributed by atoms with van der Waals surface area (Å²) in [5, 5.41) is 1.63. The van der Waals surface area contributed by atoms with Crippen molar-refractivity contribution in [2.24, 2.45) is 0 Å². The van der Waals surface area contributed by atoms with Crippen molar-refractivity contribution in [1.29, 1.82) is 0 Å². The highest BCUT2D eigenvalue weighted by Gasteiger charge is 1.96. The van der Waals surface area contributed by atoms with Crippen LogP contribution in [0.2, 0.25) is 10.0 Å². The maximum absolute atomic E-state index is 5.87. The molecule has 0 saturated heterocycles. The zero-order valence-corrected chi connectivity index (χ0v) is 13.2. The molecule has 0 radical (unpaired) electrons. The lowest BCUT2D eigenvalue weighted by Gasteiger charge is -2.03. The fourth-order valence-electron chi connectivity index (χ4n) is 1.89. The van der Waals surface area contributed by atoms with Gasteiger partial charge in [-0.15, -0.1) is 8.58 Å². The third-order valence-electron chi connectivity index (χ3n) is 3.01. The first-order valence-corrected chi connectivity index (χ1v) is 8.61. The summed E-state index contributed by atoms with van der Waals surface area (Å²) in [6.07, 6.45) is 4.82. The molecule has 0 aliphatic heterocycles. The Labute approximate surface area is 126 Å². The summed E-state index contributed by atoms with van der Waals surface area (Å²) in [6, 6.07) is 16.3. The molecule has 0 bridgehead atoms. The van der Waals surface area contributed by atoms with E-state index in [0.29, 0.717) is 0 Å². The second-order valence-electron chi connectivity index (χ2n) is 4.50. The second-order valence-corrected chi connectivity index (χ2v) is 6.88. The van der Waals surface area contributed by atoms with Crippen LogP contribution in [0.5, 0.6) is 0 Å². The quantitative estimate of drug-likeness (QED) is 0.491. The molecule has 0 fully saturated rings. The van der Waals surface area contributed by atoms with E-state index in [-0.39, 0.29) is 0 Å². The van der Waals surface area contributed by atoms with Gasteiger partial charge in [0.15, 0.2) is 0 Å². The Hall–Kier alpha value is -0.550. The molecule has 0 atom stereocenters. The monoisotopic (exact) mass is 310 g/mol. The molecular formula is C16H17Cl2P. The van der Waals surface area contributed by atoms with Gasteiger partial charge in [0.05, 0.1) is 0 Å². The van der Waals surface area contributed by atoms with E-state index in [4.69, 9.17) is 23.2 Å². The van der Waals surface area contributed by atoms with Crippen molar-refractivity contribution in [2.45, 2.75) is 12.8 Å².